The number of ether oxygens (including phenoxy) is 2. The number of halogens is 3. The minimum atomic E-state index is -0.681. The Balaban J connectivity index is 1.90. The zero-order valence-electron chi connectivity index (χ0n) is 16.4. The van der Waals surface area contributed by atoms with Crippen LogP contribution in [-0.4, -0.2) is 41.7 Å². The molecular weight excluding hydrogens is 433 g/mol. The number of alkyl halides is 1. The molecule has 156 valence electrons. The van der Waals surface area contributed by atoms with Crippen LogP contribution >= 0.6 is 34.8 Å². The third-order valence-electron chi connectivity index (χ3n) is 4.95. The molecule has 3 rings (SSSR count). The number of hydrogen-bond donors (Lipinski definition) is 0. The van der Waals surface area contributed by atoms with Crippen LogP contribution in [0.4, 0.5) is 0 Å². The third-order valence-corrected chi connectivity index (χ3v) is 5.92. The lowest BCUT2D eigenvalue weighted by molar-refractivity contribution is -0.142. The largest absolute Gasteiger partial charge is 0.348 e. The summed E-state index contributed by atoms with van der Waals surface area (Å²) < 4.78 is 11.9. The Bertz CT molecular complexity index is 844. The number of rotatable bonds is 7. The number of carbonyl (C=O) groups excluding carboxylic acids is 1. The number of nitrogens with zero attached hydrogens (tertiary/aromatic N) is 1. The lowest BCUT2D eigenvalue weighted by Crippen LogP contribution is -2.39. The van der Waals surface area contributed by atoms with Gasteiger partial charge in [-0.2, -0.15) is 0 Å². The number of benzene rings is 2. The van der Waals surface area contributed by atoms with Gasteiger partial charge < -0.3 is 14.4 Å². The van der Waals surface area contributed by atoms with E-state index in [2.05, 4.69) is 0 Å². The molecule has 0 radical (unpaired) electrons. The van der Waals surface area contributed by atoms with Crippen LogP contribution in [0.2, 0.25) is 10.0 Å². The van der Waals surface area contributed by atoms with Gasteiger partial charge in [0.05, 0.1) is 22.8 Å². The van der Waals surface area contributed by atoms with Gasteiger partial charge in [0.2, 0.25) is 5.91 Å². The summed E-state index contributed by atoms with van der Waals surface area (Å²) in [6, 6.07) is 15.3. The molecule has 0 unspecified atom stereocenters. The van der Waals surface area contributed by atoms with Crippen LogP contribution in [0.5, 0.6) is 0 Å². The lowest BCUT2D eigenvalue weighted by atomic mass is 9.92. The molecule has 0 aromatic heterocycles. The summed E-state index contributed by atoms with van der Waals surface area (Å²) in [6.07, 6.45) is -0.233. The quantitative estimate of drug-likeness (QED) is 0.517. The zero-order valence-corrected chi connectivity index (χ0v) is 18.7. The molecule has 2 aromatic rings. The first-order chi connectivity index (χ1) is 13.8. The molecule has 0 aliphatic carbocycles. The van der Waals surface area contributed by atoms with E-state index in [1.807, 2.05) is 56.3 Å². The van der Waals surface area contributed by atoms with Crippen molar-refractivity contribution in [1.82, 2.24) is 4.90 Å². The van der Waals surface area contributed by atoms with Gasteiger partial charge in [-0.05, 0) is 37.1 Å². The number of hydrogen-bond acceptors (Lipinski definition) is 3. The van der Waals surface area contributed by atoms with E-state index >= 15 is 0 Å². The van der Waals surface area contributed by atoms with Gasteiger partial charge in [0.25, 0.3) is 0 Å². The molecule has 1 aliphatic heterocycles. The highest BCUT2D eigenvalue weighted by Gasteiger charge is 2.39. The minimum absolute atomic E-state index is 0.0888. The molecule has 0 N–H and O–H groups in total. The molecule has 4 nitrogen and oxygen atoms in total. The smallest absolute Gasteiger partial charge is 0.237 e. The van der Waals surface area contributed by atoms with E-state index in [1.54, 1.807) is 11.0 Å². The predicted octanol–water partition coefficient (Wildman–Crippen LogP) is 5.50. The second-order valence-corrected chi connectivity index (χ2v) is 8.62. The standard InChI is InChI=1S/C22H24Cl3NO3/c1-22(2)28-14-20(29-22)17(16-8-9-18(24)19(25)10-16)13-26(21(27)11-23)12-15-6-4-3-5-7-15/h3-10,17,20H,11-14H2,1-2H3/t17-,20+/m1/s1. The average molecular weight is 457 g/mol. The Labute approximate surface area is 186 Å². The second-order valence-electron chi connectivity index (χ2n) is 7.54. The van der Waals surface area contributed by atoms with Gasteiger partial charge in [-0.1, -0.05) is 59.6 Å². The lowest BCUT2D eigenvalue weighted by Gasteiger charge is -2.31. The molecule has 0 spiro atoms. The number of amides is 1. The topological polar surface area (TPSA) is 38.8 Å². The third kappa shape index (κ3) is 5.87. The molecule has 2 atom stereocenters. The van der Waals surface area contributed by atoms with Crippen molar-refractivity contribution in [3.8, 4) is 0 Å². The molecule has 1 fully saturated rings. The van der Waals surface area contributed by atoms with E-state index in [0.29, 0.717) is 29.7 Å². The van der Waals surface area contributed by atoms with Crippen LogP contribution < -0.4 is 0 Å². The number of carbonyl (C=O) groups is 1. The summed E-state index contributed by atoms with van der Waals surface area (Å²) in [4.78, 5) is 14.4. The van der Waals surface area contributed by atoms with E-state index in [1.165, 1.54) is 0 Å². The van der Waals surface area contributed by atoms with Crippen molar-refractivity contribution in [2.75, 3.05) is 19.0 Å². The highest BCUT2D eigenvalue weighted by molar-refractivity contribution is 6.42. The van der Waals surface area contributed by atoms with Crippen molar-refractivity contribution in [2.45, 2.75) is 38.2 Å². The highest BCUT2D eigenvalue weighted by atomic mass is 35.5. The molecule has 2 aromatic carbocycles. The van der Waals surface area contributed by atoms with Crippen LogP contribution in [0.15, 0.2) is 48.5 Å². The van der Waals surface area contributed by atoms with E-state index < -0.39 is 5.79 Å². The monoisotopic (exact) mass is 455 g/mol. The van der Waals surface area contributed by atoms with Crippen molar-refractivity contribution in [2.24, 2.45) is 0 Å². The fourth-order valence-corrected chi connectivity index (χ4v) is 3.95. The summed E-state index contributed by atoms with van der Waals surface area (Å²) in [6.45, 7) is 5.06. The van der Waals surface area contributed by atoms with E-state index in [4.69, 9.17) is 44.3 Å². The van der Waals surface area contributed by atoms with Gasteiger partial charge in [-0.15, -0.1) is 11.6 Å². The average Bonchev–Trinajstić information content (AvgIpc) is 3.07. The minimum Gasteiger partial charge on any atom is -0.348 e. The first-order valence-electron chi connectivity index (χ1n) is 9.43. The Morgan fingerprint density at radius 2 is 1.90 bits per heavy atom. The van der Waals surface area contributed by atoms with Crippen LogP contribution in [0.3, 0.4) is 0 Å². The second kappa shape index (κ2) is 9.67. The SMILES string of the molecule is CC1(C)OC[C@@H]([C@H](CN(Cc2ccccc2)C(=O)CCl)c2ccc(Cl)c(Cl)c2)O1. The summed E-state index contributed by atoms with van der Waals surface area (Å²) in [5, 5.41) is 0.946. The van der Waals surface area contributed by atoms with Crippen molar-refractivity contribution < 1.29 is 14.3 Å². The molecule has 1 amide bonds. The van der Waals surface area contributed by atoms with Crippen LogP contribution in [0, 0.1) is 0 Å². The fraction of sp³-hybridized carbons (Fsp3) is 0.409. The normalized spacial score (nSPS) is 19.1. The Morgan fingerprint density at radius 1 is 1.17 bits per heavy atom. The molecule has 1 saturated heterocycles. The van der Waals surface area contributed by atoms with Gasteiger partial charge in [-0.3, -0.25) is 4.79 Å². The predicted molar refractivity (Wildman–Crippen MR) is 117 cm³/mol. The molecule has 7 heteroatoms. The van der Waals surface area contributed by atoms with Crippen molar-refractivity contribution >= 4 is 40.7 Å². The summed E-state index contributed by atoms with van der Waals surface area (Å²) >= 11 is 18.3. The highest BCUT2D eigenvalue weighted by Crippen LogP contribution is 2.35. The van der Waals surface area contributed by atoms with Crippen molar-refractivity contribution in [1.29, 1.82) is 0 Å². The Morgan fingerprint density at radius 3 is 2.48 bits per heavy atom. The summed E-state index contributed by atoms with van der Waals surface area (Å²) in [7, 11) is 0. The maximum atomic E-state index is 12.6. The van der Waals surface area contributed by atoms with Gasteiger partial charge in [0, 0.05) is 19.0 Å². The Kier molecular flexibility index (Phi) is 7.47. The van der Waals surface area contributed by atoms with Gasteiger partial charge in [-0.25, -0.2) is 0 Å². The fourth-order valence-electron chi connectivity index (χ4n) is 3.47. The maximum Gasteiger partial charge on any atom is 0.237 e. The van der Waals surface area contributed by atoms with Gasteiger partial charge in [0.1, 0.15) is 5.88 Å². The molecular formula is C22H24Cl3NO3. The van der Waals surface area contributed by atoms with Gasteiger partial charge >= 0.3 is 0 Å². The molecule has 1 heterocycles. The molecule has 0 bridgehead atoms. The zero-order chi connectivity index (χ0) is 21.0. The summed E-state index contributed by atoms with van der Waals surface area (Å²) in [5.74, 6) is -1.06. The van der Waals surface area contributed by atoms with Crippen LogP contribution in [0.1, 0.15) is 30.9 Å². The Hall–Kier alpha value is -1.30. The maximum absolute atomic E-state index is 12.6. The van der Waals surface area contributed by atoms with E-state index in [-0.39, 0.29) is 23.8 Å². The first kappa shape index (κ1) is 22.4. The summed E-state index contributed by atoms with van der Waals surface area (Å²) in [5.41, 5.74) is 1.97. The van der Waals surface area contributed by atoms with Crippen LogP contribution in [0.25, 0.3) is 0 Å². The van der Waals surface area contributed by atoms with Crippen molar-refractivity contribution in [3.05, 3.63) is 69.7 Å². The van der Waals surface area contributed by atoms with Crippen molar-refractivity contribution in [3.63, 3.8) is 0 Å². The van der Waals surface area contributed by atoms with Gasteiger partial charge in [0.15, 0.2) is 5.79 Å². The molecule has 29 heavy (non-hydrogen) atoms. The van der Waals surface area contributed by atoms with E-state index in [9.17, 15) is 4.79 Å². The molecule has 1 aliphatic rings. The molecule has 0 saturated carbocycles. The van der Waals surface area contributed by atoms with E-state index in [0.717, 1.165) is 11.1 Å². The van der Waals surface area contributed by atoms with Crippen LogP contribution in [-0.2, 0) is 20.8 Å². The first-order valence-corrected chi connectivity index (χ1v) is 10.7.